The molecular formula is C26H45. The molecule has 1 rings (SSSR count). The van der Waals surface area contributed by atoms with Gasteiger partial charge in [0.25, 0.3) is 0 Å². The van der Waals surface area contributed by atoms with Crippen LogP contribution >= 0.6 is 0 Å². The lowest BCUT2D eigenvalue weighted by Crippen LogP contribution is -2.02. The molecule has 0 unspecified atom stereocenters. The third-order valence-corrected chi connectivity index (χ3v) is 5.65. The Labute approximate surface area is 165 Å². The summed E-state index contributed by atoms with van der Waals surface area (Å²) in [5.41, 5.74) is 4.95. The fourth-order valence-electron chi connectivity index (χ4n) is 3.97. The van der Waals surface area contributed by atoms with Crippen molar-refractivity contribution in [3.05, 3.63) is 41.8 Å². The maximum absolute atomic E-state index is 4.07. The normalized spacial score (nSPS) is 11.2. The van der Waals surface area contributed by atoms with Gasteiger partial charge in [-0.3, -0.25) is 0 Å². The summed E-state index contributed by atoms with van der Waals surface area (Å²) < 4.78 is 0. The van der Waals surface area contributed by atoms with Gasteiger partial charge in [-0.15, -0.1) is 0 Å². The number of aryl methyl sites for hydroxylation is 2. The van der Waals surface area contributed by atoms with Crippen molar-refractivity contribution in [1.29, 1.82) is 0 Å². The van der Waals surface area contributed by atoms with Crippen molar-refractivity contribution in [2.45, 2.75) is 123 Å². The van der Waals surface area contributed by atoms with Crippen molar-refractivity contribution < 1.29 is 0 Å². The highest BCUT2D eigenvalue weighted by atomic mass is 14.1. The van der Waals surface area contributed by atoms with Gasteiger partial charge in [-0.05, 0) is 55.2 Å². The molecule has 1 aromatic carbocycles. The molecule has 0 N–H and O–H groups in total. The molecule has 0 aliphatic rings. The van der Waals surface area contributed by atoms with Crippen LogP contribution in [0.1, 0.15) is 120 Å². The summed E-state index contributed by atoms with van der Waals surface area (Å²) >= 11 is 0. The average molecular weight is 358 g/mol. The van der Waals surface area contributed by atoms with E-state index >= 15 is 0 Å². The first kappa shape index (κ1) is 23.3. The molecule has 0 amide bonds. The molecule has 0 saturated carbocycles. The molecule has 149 valence electrons. The zero-order valence-electron chi connectivity index (χ0n) is 18.0. The van der Waals surface area contributed by atoms with Crippen molar-refractivity contribution in [1.82, 2.24) is 0 Å². The first-order chi connectivity index (χ1) is 12.8. The van der Waals surface area contributed by atoms with Crippen molar-refractivity contribution >= 4 is 0 Å². The summed E-state index contributed by atoms with van der Waals surface area (Å²) in [6, 6.07) is 7.11. The Kier molecular flexibility index (Phi) is 14.7. The second kappa shape index (κ2) is 16.4. The van der Waals surface area contributed by atoms with Crippen molar-refractivity contribution in [2.75, 3.05) is 0 Å². The number of hydrogen-bond acceptors (Lipinski definition) is 0. The third-order valence-electron chi connectivity index (χ3n) is 5.65. The highest BCUT2D eigenvalue weighted by Crippen LogP contribution is 2.22. The molecule has 0 heteroatoms. The lowest BCUT2D eigenvalue weighted by molar-refractivity contribution is 0.602. The second-order valence-corrected chi connectivity index (χ2v) is 8.05. The Hall–Kier alpha value is -0.780. The topological polar surface area (TPSA) is 0 Å². The van der Waals surface area contributed by atoms with Crippen LogP contribution in [-0.2, 0) is 19.3 Å². The summed E-state index contributed by atoms with van der Waals surface area (Å²) in [5.74, 6) is 0. The van der Waals surface area contributed by atoms with E-state index in [1.54, 1.807) is 16.7 Å². The first-order valence-corrected chi connectivity index (χ1v) is 11.7. The van der Waals surface area contributed by atoms with E-state index < -0.39 is 0 Å². The van der Waals surface area contributed by atoms with Crippen LogP contribution < -0.4 is 0 Å². The van der Waals surface area contributed by atoms with E-state index in [1.165, 1.54) is 103 Å². The van der Waals surface area contributed by atoms with E-state index in [4.69, 9.17) is 0 Å². The first-order valence-electron chi connectivity index (χ1n) is 11.7. The Bertz CT molecular complexity index is 397. The van der Waals surface area contributed by atoms with E-state index in [0.717, 1.165) is 6.42 Å². The lowest BCUT2D eigenvalue weighted by Gasteiger charge is -2.15. The SMILES string of the molecule is [CH2]CCCc1c(CCCCCCCC)cccc1CCCCCCCC. The molecule has 1 aromatic rings. The van der Waals surface area contributed by atoms with Crippen molar-refractivity contribution in [3.8, 4) is 0 Å². The maximum atomic E-state index is 4.07. The van der Waals surface area contributed by atoms with Gasteiger partial charge in [0.15, 0.2) is 0 Å². The third kappa shape index (κ3) is 10.4. The number of unbranched alkanes of at least 4 members (excludes halogenated alkanes) is 11. The van der Waals surface area contributed by atoms with E-state index in [9.17, 15) is 0 Å². The van der Waals surface area contributed by atoms with Crippen LogP contribution in [0, 0.1) is 6.92 Å². The van der Waals surface area contributed by atoms with E-state index in [1.807, 2.05) is 0 Å². The van der Waals surface area contributed by atoms with Crippen molar-refractivity contribution in [2.24, 2.45) is 0 Å². The second-order valence-electron chi connectivity index (χ2n) is 8.05. The summed E-state index contributed by atoms with van der Waals surface area (Å²) in [6.45, 7) is 8.66. The molecule has 0 bridgehead atoms. The molecule has 0 saturated heterocycles. The quantitative estimate of drug-likeness (QED) is 0.245. The zero-order valence-corrected chi connectivity index (χ0v) is 18.0. The minimum absolute atomic E-state index is 1.06. The zero-order chi connectivity index (χ0) is 18.9. The van der Waals surface area contributed by atoms with Gasteiger partial charge in [-0.1, -0.05) is 110 Å². The molecule has 1 radical (unpaired) electrons. The Balaban J connectivity index is 2.51. The van der Waals surface area contributed by atoms with Crippen LogP contribution in [0.3, 0.4) is 0 Å². The van der Waals surface area contributed by atoms with E-state index in [-0.39, 0.29) is 0 Å². The predicted octanol–water partition coefficient (Wildman–Crippen LogP) is 8.65. The van der Waals surface area contributed by atoms with Gasteiger partial charge in [0, 0.05) is 0 Å². The maximum Gasteiger partial charge on any atom is -0.0273 e. The Morgan fingerprint density at radius 2 is 1.04 bits per heavy atom. The van der Waals surface area contributed by atoms with Crippen LogP contribution in [0.25, 0.3) is 0 Å². The van der Waals surface area contributed by atoms with Crippen LogP contribution in [0.5, 0.6) is 0 Å². The smallest absolute Gasteiger partial charge is 0.0273 e. The number of benzene rings is 1. The molecule has 0 aromatic heterocycles. The van der Waals surface area contributed by atoms with Gasteiger partial charge in [0.05, 0.1) is 0 Å². The van der Waals surface area contributed by atoms with Gasteiger partial charge in [-0.2, -0.15) is 0 Å². The van der Waals surface area contributed by atoms with Gasteiger partial charge < -0.3 is 0 Å². The largest absolute Gasteiger partial charge is 0.0654 e. The minimum atomic E-state index is 1.06. The Morgan fingerprint density at radius 1 is 0.577 bits per heavy atom. The standard InChI is InChI=1S/C26H45/c1-4-7-10-12-14-16-19-24-21-18-22-25(26(24)23-9-6-3)20-17-15-13-11-8-5-2/h18,21-22H,3-17,19-20,23H2,1-2H3. The van der Waals surface area contributed by atoms with E-state index in [2.05, 4.69) is 39.0 Å². The highest BCUT2D eigenvalue weighted by Gasteiger charge is 2.08. The molecule has 0 aliphatic carbocycles. The number of hydrogen-bond donors (Lipinski definition) is 0. The molecular weight excluding hydrogens is 312 g/mol. The minimum Gasteiger partial charge on any atom is -0.0654 e. The molecule has 26 heavy (non-hydrogen) atoms. The summed E-state index contributed by atoms with van der Waals surface area (Å²) in [6.07, 6.45) is 22.8. The predicted molar refractivity (Wildman–Crippen MR) is 119 cm³/mol. The molecule has 0 atom stereocenters. The summed E-state index contributed by atoms with van der Waals surface area (Å²) in [4.78, 5) is 0. The fourth-order valence-corrected chi connectivity index (χ4v) is 3.97. The van der Waals surface area contributed by atoms with Crippen molar-refractivity contribution in [3.63, 3.8) is 0 Å². The lowest BCUT2D eigenvalue weighted by atomic mass is 9.90. The summed E-state index contributed by atoms with van der Waals surface area (Å²) in [7, 11) is 0. The molecule has 0 heterocycles. The van der Waals surface area contributed by atoms with E-state index in [0.29, 0.717) is 0 Å². The van der Waals surface area contributed by atoms with Gasteiger partial charge in [0.1, 0.15) is 0 Å². The average Bonchev–Trinajstić information content (AvgIpc) is 2.66. The van der Waals surface area contributed by atoms with Crippen LogP contribution in [0.2, 0.25) is 0 Å². The number of rotatable bonds is 17. The van der Waals surface area contributed by atoms with Gasteiger partial charge in [0.2, 0.25) is 0 Å². The monoisotopic (exact) mass is 357 g/mol. The molecule has 0 fully saturated rings. The fraction of sp³-hybridized carbons (Fsp3) is 0.731. The summed E-state index contributed by atoms with van der Waals surface area (Å²) in [5, 5.41) is 0. The molecule has 0 spiro atoms. The van der Waals surface area contributed by atoms with Gasteiger partial charge >= 0.3 is 0 Å². The van der Waals surface area contributed by atoms with Crippen LogP contribution in [0.4, 0.5) is 0 Å². The molecule has 0 aliphatic heterocycles. The van der Waals surface area contributed by atoms with Gasteiger partial charge in [-0.25, -0.2) is 0 Å². The van der Waals surface area contributed by atoms with Crippen LogP contribution in [-0.4, -0.2) is 0 Å². The highest BCUT2D eigenvalue weighted by molar-refractivity contribution is 5.36. The molecule has 0 nitrogen and oxygen atoms in total. The van der Waals surface area contributed by atoms with Crippen LogP contribution in [0.15, 0.2) is 18.2 Å². The Morgan fingerprint density at radius 3 is 1.50 bits per heavy atom.